The third-order valence-electron chi connectivity index (χ3n) is 1.75. The van der Waals surface area contributed by atoms with Crippen LogP contribution in [-0.4, -0.2) is 11.4 Å². The molecule has 0 atom stereocenters. The van der Waals surface area contributed by atoms with Crippen molar-refractivity contribution in [3.8, 4) is 0 Å². The summed E-state index contributed by atoms with van der Waals surface area (Å²) in [5, 5.41) is 0. The zero-order chi connectivity index (χ0) is 6.69. The van der Waals surface area contributed by atoms with Crippen molar-refractivity contribution in [2.75, 3.05) is 6.54 Å². The van der Waals surface area contributed by atoms with Crippen LogP contribution in [0.5, 0.6) is 0 Å². The fraction of sp³-hybridized carbons (Fsp3) is 0.500. The first-order chi connectivity index (χ1) is 4.38. The van der Waals surface area contributed by atoms with Gasteiger partial charge in [-0.05, 0) is 26.0 Å². The molecule has 1 heterocycles. The third-order valence-corrected chi connectivity index (χ3v) is 1.75. The molecular weight excluding hydrogens is 110 g/mol. The van der Waals surface area contributed by atoms with E-state index in [0.29, 0.717) is 0 Å². The minimum Gasteiger partial charge on any atom is -0.352 e. The van der Waals surface area contributed by atoms with Crippen molar-refractivity contribution >= 4 is 0 Å². The first-order valence-corrected chi connectivity index (χ1v) is 3.43. The van der Waals surface area contributed by atoms with Crippen LogP contribution >= 0.6 is 0 Å². The van der Waals surface area contributed by atoms with E-state index in [1.54, 1.807) is 0 Å². The molecule has 0 saturated carbocycles. The lowest BCUT2D eigenvalue weighted by molar-refractivity contribution is 0.535. The Kier molecular flexibility index (Phi) is 1.93. The Morgan fingerprint density at radius 2 is 2.44 bits per heavy atom. The number of hydrogen-bond acceptors (Lipinski definition) is 1. The summed E-state index contributed by atoms with van der Waals surface area (Å²) in [6, 6.07) is 0. The Labute approximate surface area is 56.7 Å². The molecule has 0 unspecified atom stereocenters. The zero-order valence-electron chi connectivity index (χ0n) is 5.93. The van der Waals surface area contributed by atoms with Gasteiger partial charge < -0.3 is 4.90 Å². The van der Waals surface area contributed by atoms with Gasteiger partial charge in [-0.2, -0.15) is 0 Å². The van der Waals surface area contributed by atoms with Crippen LogP contribution < -0.4 is 0 Å². The number of allylic oxidation sites excluding steroid dienone is 2. The highest BCUT2D eigenvalue weighted by atomic mass is 15.1. The predicted molar refractivity (Wildman–Crippen MR) is 39.9 cm³/mol. The maximum atomic E-state index is 3.73. The van der Waals surface area contributed by atoms with Crippen LogP contribution in [-0.2, 0) is 0 Å². The van der Waals surface area contributed by atoms with E-state index < -0.39 is 0 Å². The van der Waals surface area contributed by atoms with Gasteiger partial charge in [-0.15, -0.1) is 0 Å². The molecule has 9 heavy (non-hydrogen) atoms. The van der Waals surface area contributed by atoms with Gasteiger partial charge in [0.05, 0.1) is 0 Å². The van der Waals surface area contributed by atoms with E-state index in [-0.39, 0.29) is 0 Å². The van der Waals surface area contributed by atoms with E-state index in [0.717, 1.165) is 6.54 Å². The lowest BCUT2D eigenvalue weighted by atomic mass is 10.3. The monoisotopic (exact) mass is 123 g/mol. The van der Waals surface area contributed by atoms with Crippen LogP contribution in [0.2, 0.25) is 0 Å². The van der Waals surface area contributed by atoms with E-state index in [2.05, 4.69) is 24.5 Å². The molecule has 1 fully saturated rings. The van der Waals surface area contributed by atoms with Crippen LogP contribution in [0.1, 0.15) is 19.8 Å². The molecule has 1 rings (SSSR count). The normalized spacial score (nSPS) is 23.2. The Morgan fingerprint density at radius 1 is 1.67 bits per heavy atom. The predicted octanol–water partition coefficient (Wildman–Crippen LogP) is 2.13. The van der Waals surface area contributed by atoms with Gasteiger partial charge >= 0.3 is 0 Å². The summed E-state index contributed by atoms with van der Waals surface area (Å²) in [5.41, 5.74) is 1.42. The molecule has 0 aliphatic carbocycles. The van der Waals surface area contributed by atoms with Crippen molar-refractivity contribution in [1.29, 1.82) is 0 Å². The molecule has 1 aliphatic heterocycles. The lowest BCUT2D eigenvalue weighted by Gasteiger charge is -2.12. The van der Waals surface area contributed by atoms with E-state index >= 15 is 0 Å². The second-order valence-corrected chi connectivity index (χ2v) is 2.26. The molecule has 1 aliphatic rings. The molecule has 1 saturated heterocycles. The first-order valence-electron chi connectivity index (χ1n) is 3.43. The molecule has 0 spiro atoms. The SMILES string of the molecule is C=CN1CCCC1=CC. The average molecular weight is 123 g/mol. The quantitative estimate of drug-likeness (QED) is 0.516. The molecular formula is C8H13N. The van der Waals surface area contributed by atoms with Gasteiger partial charge in [0.25, 0.3) is 0 Å². The van der Waals surface area contributed by atoms with Crippen LogP contribution in [0.3, 0.4) is 0 Å². The van der Waals surface area contributed by atoms with Crippen LogP contribution in [0, 0.1) is 0 Å². The summed E-state index contributed by atoms with van der Waals surface area (Å²) in [5.74, 6) is 0. The van der Waals surface area contributed by atoms with Crippen molar-refractivity contribution in [2.45, 2.75) is 19.8 Å². The summed E-state index contributed by atoms with van der Waals surface area (Å²) in [6.45, 7) is 6.96. The van der Waals surface area contributed by atoms with E-state index in [1.165, 1.54) is 18.5 Å². The summed E-state index contributed by atoms with van der Waals surface area (Å²) in [7, 11) is 0. The van der Waals surface area contributed by atoms with Gasteiger partial charge in [0.1, 0.15) is 0 Å². The Hall–Kier alpha value is -0.720. The molecule has 0 aromatic carbocycles. The molecule has 0 N–H and O–H groups in total. The molecule has 0 aromatic rings. The summed E-state index contributed by atoms with van der Waals surface area (Å²) < 4.78 is 0. The highest BCUT2D eigenvalue weighted by Crippen LogP contribution is 2.19. The number of hydrogen-bond donors (Lipinski definition) is 0. The van der Waals surface area contributed by atoms with E-state index in [4.69, 9.17) is 0 Å². The van der Waals surface area contributed by atoms with Crippen molar-refractivity contribution in [1.82, 2.24) is 4.90 Å². The Bertz CT molecular complexity index is 136. The molecule has 1 heteroatoms. The summed E-state index contributed by atoms with van der Waals surface area (Å²) in [6.07, 6.45) is 6.57. The zero-order valence-corrected chi connectivity index (χ0v) is 5.93. The smallest absolute Gasteiger partial charge is 0.0225 e. The highest BCUT2D eigenvalue weighted by molar-refractivity contribution is 5.07. The summed E-state index contributed by atoms with van der Waals surface area (Å²) >= 11 is 0. The second kappa shape index (κ2) is 2.72. The Morgan fingerprint density at radius 3 is 2.89 bits per heavy atom. The maximum Gasteiger partial charge on any atom is 0.0225 e. The molecule has 0 radical (unpaired) electrons. The minimum absolute atomic E-state index is 1.16. The van der Waals surface area contributed by atoms with E-state index in [1.807, 2.05) is 6.20 Å². The van der Waals surface area contributed by atoms with Gasteiger partial charge in [0, 0.05) is 12.2 Å². The van der Waals surface area contributed by atoms with Crippen LogP contribution in [0.25, 0.3) is 0 Å². The lowest BCUT2D eigenvalue weighted by Crippen LogP contribution is -2.07. The van der Waals surface area contributed by atoms with Gasteiger partial charge in [-0.1, -0.05) is 12.7 Å². The molecule has 0 aromatic heterocycles. The van der Waals surface area contributed by atoms with Gasteiger partial charge in [-0.3, -0.25) is 0 Å². The second-order valence-electron chi connectivity index (χ2n) is 2.26. The van der Waals surface area contributed by atoms with Crippen LogP contribution in [0.4, 0.5) is 0 Å². The highest BCUT2D eigenvalue weighted by Gasteiger charge is 2.11. The number of likely N-dealkylation sites (tertiary alicyclic amines) is 1. The standard InChI is InChI=1S/C8H13N/c1-3-8-6-5-7-9(8)4-2/h3-4H,2,5-7H2,1H3. The van der Waals surface area contributed by atoms with Crippen LogP contribution in [0.15, 0.2) is 24.6 Å². The fourth-order valence-electron chi connectivity index (χ4n) is 1.24. The molecule has 50 valence electrons. The topological polar surface area (TPSA) is 3.24 Å². The van der Waals surface area contributed by atoms with Crippen molar-refractivity contribution in [3.05, 3.63) is 24.6 Å². The number of nitrogens with zero attached hydrogens (tertiary/aromatic N) is 1. The molecule has 0 bridgehead atoms. The molecule has 0 amide bonds. The van der Waals surface area contributed by atoms with Crippen molar-refractivity contribution in [2.24, 2.45) is 0 Å². The van der Waals surface area contributed by atoms with Crippen molar-refractivity contribution in [3.63, 3.8) is 0 Å². The molecule has 1 nitrogen and oxygen atoms in total. The van der Waals surface area contributed by atoms with Gasteiger partial charge in [0.15, 0.2) is 0 Å². The first kappa shape index (κ1) is 6.40. The van der Waals surface area contributed by atoms with E-state index in [9.17, 15) is 0 Å². The van der Waals surface area contributed by atoms with Gasteiger partial charge in [0.2, 0.25) is 0 Å². The maximum absolute atomic E-state index is 3.73. The minimum atomic E-state index is 1.16. The Balaban J connectivity index is 2.62. The summed E-state index contributed by atoms with van der Waals surface area (Å²) in [4.78, 5) is 2.21. The number of rotatable bonds is 1. The van der Waals surface area contributed by atoms with Gasteiger partial charge in [-0.25, -0.2) is 0 Å². The van der Waals surface area contributed by atoms with Crippen molar-refractivity contribution < 1.29 is 0 Å². The average Bonchev–Trinajstić information content (AvgIpc) is 2.33. The largest absolute Gasteiger partial charge is 0.352 e. The fourth-order valence-corrected chi connectivity index (χ4v) is 1.24. The third kappa shape index (κ3) is 1.15.